The van der Waals surface area contributed by atoms with Crippen molar-refractivity contribution in [2.75, 3.05) is 19.8 Å². The largest absolute Gasteiger partial charge is 0.465 e. The quantitative estimate of drug-likeness (QED) is 0.647. The summed E-state index contributed by atoms with van der Waals surface area (Å²) >= 11 is 0. The summed E-state index contributed by atoms with van der Waals surface area (Å²) in [5, 5.41) is 0. The fourth-order valence-corrected chi connectivity index (χ4v) is 1.09. The molecule has 0 saturated carbocycles. The van der Waals surface area contributed by atoms with E-state index in [4.69, 9.17) is 19.1 Å². The monoisotopic (exact) mass is 216 g/mol. The van der Waals surface area contributed by atoms with Crippen molar-refractivity contribution < 1.29 is 23.9 Å². The predicted molar refractivity (Wildman–Crippen MR) is 49.7 cm³/mol. The summed E-state index contributed by atoms with van der Waals surface area (Å²) in [4.78, 5) is 27.5. The molecule has 1 fully saturated rings. The van der Waals surface area contributed by atoms with Gasteiger partial charge in [-0.15, -0.1) is 0 Å². The van der Waals surface area contributed by atoms with Gasteiger partial charge in [0.1, 0.15) is 0 Å². The van der Waals surface area contributed by atoms with Crippen molar-refractivity contribution in [2.24, 2.45) is 11.8 Å². The summed E-state index contributed by atoms with van der Waals surface area (Å²) in [5.41, 5.74) is 0. The number of hydrogen-bond donors (Lipinski definition) is 0. The molecule has 0 amide bonds. The molecule has 1 atom stereocenters. The summed E-state index contributed by atoms with van der Waals surface area (Å²) in [6.45, 7) is 5.81. The Bertz CT molecular complexity index is 212. The van der Waals surface area contributed by atoms with Crippen molar-refractivity contribution in [3.8, 4) is 0 Å². The molecule has 15 heavy (non-hydrogen) atoms. The lowest BCUT2D eigenvalue weighted by Gasteiger charge is -2.09. The first kappa shape index (κ1) is 13.8. The van der Waals surface area contributed by atoms with E-state index < -0.39 is 0 Å². The van der Waals surface area contributed by atoms with Gasteiger partial charge in [0.25, 0.3) is 0 Å². The second kappa shape index (κ2) is 8.15. The van der Waals surface area contributed by atoms with Gasteiger partial charge in [-0.05, 0) is 12.3 Å². The van der Waals surface area contributed by atoms with Crippen LogP contribution in [0.1, 0.15) is 20.3 Å². The zero-order chi connectivity index (χ0) is 11.7. The number of carbonyl (C=O) groups excluding carboxylic acids is 3. The van der Waals surface area contributed by atoms with Crippen LogP contribution in [0, 0.1) is 11.8 Å². The van der Waals surface area contributed by atoms with Crippen LogP contribution in [0.15, 0.2) is 0 Å². The van der Waals surface area contributed by atoms with Gasteiger partial charge in [-0.1, -0.05) is 13.8 Å². The Morgan fingerprint density at radius 1 is 1.53 bits per heavy atom. The van der Waals surface area contributed by atoms with Gasteiger partial charge in [0.15, 0.2) is 0 Å². The van der Waals surface area contributed by atoms with Crippen LogP contribution in [0.3, 0.4) is 0 Å². The van der Waals surface area contributed by atoms with E-state index in [0.29, 0.717) is 25.7 Å². The Morgan fingerprint density at radius 2 is 2.13 bits per heavy atom. The fraction of sp³-hybridized carbons (Fsp3) is 0.800. The third kappa shape index (κ3) is 6.82. The second-order valence-electron chi connectivity index (χ2n) is 3.67. The molecule has 0 aromatic heterocycles. The molecule has 1 heterocycles. The van der Waals surface area contributed by atoms with Gasteiger partial charge in [-0.3, -0.25) is 4.79 Å². The number of ether oxygens (including phenoxy) is 2. The SMILES string of the molecule is CC(C)COC(=O)C1CCOC1.O=C=O. The normalized spacial score (nSPS) is 19.0. The van der Waals surface area contributed by atoms with E-state index >= 15 is 0 Å². The molecule has 0 bridgehead atoms. The van der Waals surface area contributed by atoms with E-state index in [1.54, 1.807) is 0 Å². The van der Waals surface area contributed by atoms with Crippen molar-refractivity contribution in [3.63, 3.8) is 0 Å². The van der Waals surface area contributed by atoms with Crippen LogP contribution < -0.4 is 0 Å². The third-order valence-electron chi connectivity index (χ3n) is 1.82. The molecule has 1 aliphatic heterocycles. The summed E-state index contributed by atoms with van der Waals surface area (Å²) < 4.78 is 10.2. The average molecular weight is 216 g/mol. The molecule has 1 unspecified atom stereocenters. The van der Waals surface area contributed by atoms with Gasteiger partial charge in [-0.25, -0.2) is 0 Å². The molecule has 5 nitrogen and oxygen atoms in total. The maximum atomic E-state index is 11.2. The van der Waals surface area contributed by atoms with Gasteiger partial charge in [0.2, 0.25) is 0 Å². The smallest absolute Gasteiger partial charge is 0.373 e. The standard InChI is InChI=1S/C9H16O3.CO2/c1-7(2)5-12-9(10)8-3-4-11-6-8;2-1-3/h7-8H,3-6H2,1-2H3;. The molecular weight excluding hydrogens is 200 g/mol. The second-order valence-corrected chi connectivity index (χ2v) is 3.67. The highest BCUT2D eigenvalue weighted by Crippen LogP contribution is 2.14. The van der Waals surface area contributed by atoms with Gasteiger partial charge in [-0.2, -0.15) is 9.59 Å². The fourth-order valence-electron chi connectivity index (χ4n) is 1.09. The Balaban J connectivity index is 0.000000583. The molecule has 0 spiro atoms. The lowest BCUT2D eigenvalue weighted by atomic mass is 10.1. The van der Waals surface area contributed by atoms with Crippen molar-refractivity contribution in [1.29, 1.82) is 0 Å². The lowest BCUT2D eigenvalue weighted by Crippen LogP contribution is -2.19. The van der Waals surface area contributed by atoms with Crippen LogP contribution in [0.5, 0.6) is 0 Å². The van der Waals surface area contributed by atoms with Crippen LogP contribution in [0.4, 0.5) is 0 Å². The molecule has 86 valence electrons. The van der Waals surface area contributed by atoms with Gasteiger partial charge in [0.05, 0.1) is 19.1 Å². The van der Waals surface area contributed by atoms with E-state index in [9.17, 15) is 4.79 Å². The first-order valence-corrected chi connectivity index (χ1v) is 4.85. The highest BCUT2D eigenvalue weighted by atomic mass is 16.5. The first-order valence-electron chi connectivity index (χ1n) is 4.85. The maximum absolute atomic E-state index is 11.2. The van der Waals surface area contributed by atoms with Crippen LogP contribution >= 0.6 is 0 Å². The minimum Gasteiger partial charge on any atom is -0.465 e. The molecule has 0 aromatic carbocycles. The molecule has 0 aromatic rings. The van der Waals surface area contributed by atoms with Crippen LogP contribution in [0.2, 0.25) is 0 Å². The number of carbonyl (C=O) groups is 1. The molecule has 1 saturated heterocycles. The zero-order valence-corrected chi connectivity index (χ0v) is 9.02. The number of rotatable bonds is 3. The van der Waals surface area contributed by atoms with Crippen molar-refractivity contribution in [2.45, 2.75) is 20.3 Å². The molecule has 1 aliphatic rings. The minimum atomic E-state index is -0.0961. The summed E-state index contributed by atoms with van der Waals surface area (Å²) in [6, 6.07) is 0. The Morgan fingerprint density at radius 3 is 2.53 bits per heavy atom. The number of esters is 1. The molecule has 0 aliphatic carbocycles. The van der Waals surface area contributed by atoms with Crippen molar-refractivity contribution in [1.82, 2.24) is 0 Å². The first-order chi connectivity index (χ1) is 7.11. The van der Waals surface area contributed by atoms with E-state index in [1.165, 1.54) is 0 Å². The minimum absolute atomic E-state index is 0.0104. The third-order valence-corrected chi connectivity index (χ3v) is 1.82. The molecule has 5 heteroatoms. The Hall–Kier alpha value is -1.19. The van der Waals surface area contributed by atoms with Gasteiger partial charge in [0, 0.05) is 6.61 Å². The summed E-state index contributed by atoms with van der Waals surface area (Å²) in [5.74, 6) is 0.307. The molecular formula is C10H16O5. The van der Waals surface area contributed by atoms with Crippen LogP contribution in [0.25, 0.3) is 0 Å². The Kier molecular flexibility index (Phi) is 7.50. The van der Waals surface area contributed by atoms with E-state index in [2.05, 4.69) is 0 Å². The van der Waals surface area contributed by atoms with Gasteiger partial charge < -0.3 is 9.47 Å². The van der Waals surface area contributed by atoms with Gasteiger partial charge >= 0.3 is 12.1 Å². The maximum Gasteiger partial charge on any atom is 0.373 e. The van der Waals surface area contributed by atoms with Crippen LogP contribution in [-0.4, -0.2) is 31.9 Å². The average Bonchev–Trinajstić information content (AvgIpc) is 2.68. The topological polar surface area (TPSA) is 69.7 Å². The van der Waals surface area contributed by atoms with Crippen molar-refractivity contribution >= 4 is 12.1 Å². The number of hydrogen-bond acceptors (Lipinski definition) is 5. The molecule has 0 N–H and O–H groups in total. The van der Waals surface area contributed by atoms with E-state index in [0.717, 1.165) is 6.42 Å². The predicted octanol–water partition coefficient (Wildman–Crippen LogP) is 0.639. The van der Waals surface area contributed by atoms with E-state index in [-0.39, 0.29) is 18.0 Å². The highest BCUT2D eigenvalue weighted by Gasteiger charge is 2.24. The summed E-state index contributed by atoms with van der Waals surface area (Å²) in [7, 11) is 0. The van der Waals surface area contributed by atoms with Crippen LogP contribution in [-0.2, 0) is 23.9 Å². The molecule has 1 rings (SSSR count). The Labute approximate surface area is 88.7 Å². The van der Waals surface area contributed by atoms with E-state index in [1.807, 2.05) is 13.8 Å². The van der Waals surface area contributed by atoms with Crippen molar-refractivity contribution in [3.05, 3.63) is 0 Å². The highest BCUT2D eigenvalue weighted by molar-refractivity contribution is 5.72. The summed E-state index contributed by atoms with van der Waals surface area (Å²) in [6.07, 6.45) is 1.07. The zero-order valence-electron chi connectivity index (χ0n) is 9.02. The lowest BCUT2D eigenvalue weighted by molar-refractivity contribution is -0.191. The molecule has 0 radical (unpaired) electrons.